The molecule has 0 aliphatic rings. The van der Waals surface area contributed by atoms with Crippen LogP contribution in [0.1, 0.15) is 18.9 Å². The van der Waals surface area contributed by atoms with Crippen molar-refractivity contribution in [3.05, 3.63) is 29.8 Å². The minimum atomic E-state index is -4.58. The number of aromatic nitrogens is 2. The fourth-order valence-corrected chi connectivity index (χ4v) is 2.86. The predicted molar refractivity (Wildman–Crippen MR) is 77.1 cm³/mol. The number of carbonyl (C=O) groups is 1. The highest BCUT2D eigenvalue weighted by molar-refractivity contribution is 8.00. The number of anilines is 1. The van der Waals surface area contributed by atoms with E-state index >= 15 is 0 Å². The molecule has 1 amide bonds. The van der Waals surface area contributed by atoms with E-state index in [9.17, 15) is 23.1 Å². The molecule has 1 unspecified atom stereocenters. The number of para-hydroxylation sites is 1. The van der Waals surface area contributed by atoms with Crippen molar-refractivity contribution in [1.82, 2.24) is 5.27 Å². The van der Waals surface area contributed by atoms with Gasteiger partial charge in [-0.05, 0) is 30.3 Å². The zero-order valence-corrected chi connectivity index (χ0v) is 13.6. The monoisotopic (exact) mass is 361 g/mol. The van der Waals surface area contributed by atoms with Crippen molar-refractivity contribution >= 4 is 23.4 Å². The molecule has 0 radical (unpaired) electrons. The number of rotatable bonds is 5. The van der Waals surface area contributed by atoms with Gasteiger partial charge in [0.15, 0.2) is 13.0 Å². The van der Waals surface area contributed by atoms with Gasteiger partial charge >= 0.3 is 6.18 Å². The molecule has 10 heteroatoms. The second kappa shape index (κ2) is 7.12. The number of hydrogen-bond donors (Lipinski definition) is 1. The van der Waals surface area contributed by atoms with Crippen LogP contribution >= 0.6 is 11.8 Å². The zero-order chi connectivity index (χ0) is 17.9. The van der Waals surface area contributed by atoms with Gasteiger partial charge in [-0.25, -0.2) is 0 Å². The highest BCUT2D eigenvalue weighted by Crippen LogP contribution is 2.35. The quantitative estimate of drug-likeness (QED) is 0.651. The summed E-state index contributed by atoms with van der Waals surface area (Å²) in [6.45, 7) is 1.69. The Morgan fingerprint density at radius 3 is 2.67 bits per heavy atom. The predicted octanol–water partition coefficient (Wildman–Crippen LogP) is 2.10. The summed E-state index contributed by atoms with van der Waals surface area (Å²) >= 11 is 0.890. The van der Waals surface area contributed by atoms with Gasteiger partial charge in [-0.1, -0.05) is 23.7 Å². The first-order valence-corrected chi connectivity index (χ1v) is 7.78. The molecule has 0 saturated heterocycles. The Labute approximate surface area is 139 Å². The summed E-state index contributed by atoms with van der Waals surface area (Å²) in [5.41, 5.74) is -1.26. The SMILES string of the molecule is CCC(Sc1c([O-])on[n+]1C)C(=O)Nc1ccccc1C(F)(F)F. The number of aryl methyl sites for hydroxylation is 1. The first-order chi connectivity index (χ1) is 11.2. The molecular weight excluding hydrogens is 347 g/mol. The number of nitrogens with zero attached hydrogens (tertiary/aromatic N) is 2. The molecule has 24 heavy (non-hydrogen) atoms. The molecule has 6 nitrogen and oxygen atoms in total. The van der Waals surface area contributed by atoms with E-state index in [-0.39, 0.29) is 10.7 Å². The first-order valence-electron chi connectivity index (χ1n) is 6.90. The molecule has 0 fully saturated rings. The lowest BCUT2D eigenvalue weighted by Gasteiger charge is -2.16. The minimum Gasteiger partial charge on any atom is -0.538 e. The number of amides is 1. The Morgan fingerprint density at radius 2 is 2.12 bits per heavy atom. The molecule has 0 aliphatic carbocycles. The second-order valence-electron chi connectivity index (χ2n) is 4.84. The summed E-state index contributed by atoms with van der Waals surface area (Å²) in [6.07, 6.45) is -4.28. The molecule has 2 aromatic rings. The summed E-state index contributed by atoms with van der Waals surface area (Å²) in [7, 11) is 1.47. The van der Waals surface area contributed by atoms with Crippen LogP contribution < -0.4 is 15.1 Å². The van der Waals surface area contributed by atoms with Crippen molar-refractivity contribution in [2.24, 2.45) is 7.05 Å². The Kier molecular flexibility index (Phi) is 5.37. The van der Waals surface area contributed by atoms with Crippen LogP contribution in [0.2, 0.25) is 0 Å². The van der Waals surface area contributed by atoms with Gasteiger partial charge in [0.25, 0.3) is 5.03 Å². The van der Waals surface area contributed by atoms with Crippen LogP contribution in [0.3, 0.4) is 0 Å². The Morgan fingerprint density at radius 1 is 1.46 bits per heavy atom. The molecule has 2 rings (SSSR count). The number of carbonyl (C=O) groups excluding carboxylic acids is 1. The van der Waals surface area contributed by atoms with Crippen LogP contribution in [0.15, 0.2) is 33.8 Å². The summed E-state index contributed by atoms with van der Waals surface area (Å²) in [5, 5.41) is 16.5. The first kappa shape index (κ1) is 18.1. The molecular formula is C14H14F3N3O3S. The van der Waals surface area contributed by atoms with E-state index in [1.165, 1.54) is 29.9 Å². The average Bonchev–Trinajstić information content (AvgIpc) is 2.83. The Bertz CT molecular complexity index is 714. The van der Waals surface area contributed by atoms with Crippen LogP contribution in [0, 0.1) is 0 Å². The topological polar surface area (TPSA) is 82.1 Å². The Hall–Kier alpha value is -2.23. The van der Waals surface area contributed by atoms with Gasteiger partial charge in [-0.3, -0.25) is 4.79 Å². The number of halogens is 3. The van der Waals surface area contributed by atoms with Gasteiger partial charge in [0.2, 0.25) is 5.91 Å². The van der Waals surface area contributed by atoms with Crippen molar-refractivity contribution in [1.29, 1.82) is 0 Å². The molecule has 1 heterocycles. The maximum absolute atomic E-state index is 13.0. The lowest BCUT2D eigenvalue weighted by molar-refractivity contribution is -0.772. The van der Waals surface area contributed by atoms with E-state index in [1.54, 1.807) is 6.92 Å². The van der Waals surface area contributed by atoms with E-state index in [2.05, 4.69) is 15.1 Å². The van der Waals surface area contributed by atoms with Gasteiger partial charge in [0.05, 0.1) is 21.8 Å². The summed E-state index contributed by atoms with van der Waals surface area (Å²) < 4.78 is 44.5. The normalized spacial score (nSPS) is 12.9. The van der Waals surface area contributed by atoms with Gasteiger partial charge in [-0.15, -0.1) is 0 Å². The van der Waals surface area contributed by atoms with E-state index in [1.807, 2.05) is 0 Å². The molecule has 1 atom stereocenters. The van der Waals surface area contributed by atoms with Crippen LogP contribution in [0.25, 0.3) is 0 Å². The zero-order valence-electron chi connectivity index (χ0n) is 12.8. The number of thioether (sulfide) groups is 1. The van der Waals surface area contributed by atoms with E-state index < -0.39 is 28.8 Å². The molecule has 0 saturated carbocycles. The van der Waals surface area contributed by atoms with Crippen molar-refractivity contribution in [3.63, 3.8) is 0 Å². The average molecular weight is 361 g/mol. The molecule has 1 aromatic heterocycles. The highest BCUT2D eigenvalue weighted by atomic mass is 32.2. The molecule has 1 N–H and O–H groups in total. The lowest BCUT2D eigenvalue weighted by Crippen LogP contribution is -2.34. The van der Waals surface area contributed by atoms with E-state index in [0.717, 1.165) is 17.8 Å². The fraction of sp³-hybridized carbons (Fsp3) is 0.357. The van der Waals surface area contributed by atoms with E-state index in [0.29, 0.717) is 6.42 Å². The van der Waals surface area contributed by atoms with Gasteiger partial charge in [0, 0.05) is 0 Å². The van der Waals surface area contributed by atoms with E-state index in [4.69, 9.17) is 0 Å². The Balaban J connectivity index is 2.19. The van der Waals surface area contributed by atoms with Crippen LogP contribution in [-0.2, 0) is 18.0 Å². The lowest BCUT2D eigenvalue weighted by atomic mass is 10.1. The third kappa shape index (κ3) is 3.99. The number of benzene rings is 1. The van der Waals surface area contributed by atoms with Crippen molar-refractivity contribution in [2.45, 2.75) is 29.8 Å². The second-order valence-corrected chi connectivity index (χ2v) is 6.03. The number of nitrogens with one attached hydrogen (secondary N) is 1. The van der Waals surface area contributed by atoms with Gasteiger partial charge < -0.3 is 14.9 Å². The van der Waals surface area contributed by atoms with Crippen LogP contribution in [-0.4, -0.2) is 16.4 Å². The maximum Gasteiger partial charge on any atom is 0.418 e. The van der Waals surface area contributed by atoms with Crippen molar-refractivity contribution < 1.29 is 32.3 Å². The van der Waals surface area contributed by atoms with Crippen LogP contribution in [0.4, 0.5) is 18.9 Å². The van der Waals surface area contributed by atoms with Gasteiger partial charge in [0.1, 0.15) is 0 Å². The van der Waals surface area contributed by atoms with Gasteiger partial charge in [-0.2, -0.15) is 13.2 Å². The minimum absolute atomic E-state index is 0.0982. The van der Waals surface area contributed by atoms with Crippen molar-refractivity contribution in [2.75, 3.05) is 5.32 Å². The third-order valence-electron chi connectivity index (χ3n) is 3.12. The molecule has 0 aliphatic heterocycles. The summed E-state index contributed by atoms with van der Waals surface area (Å²) in [4.78, 5) is 12.3. The number of hydrogen-bond acceptors (Lipinski definition) is 5. The van der Waals surface area contributed by atoms with Crippen molar-refractivity contribution in [3.8, 4) is 5.95 Å². The smallest absolute Gasteiger partial charge is 0.418 e. The molecule has 0 bridgehead atoms. The number of alkyl halides is 3. The summed E-state index contributed by atoms with van der Waals surface area (Å²) in [5.74, 6) is -1.34. The fourth-order valence-electron chi connectivity index (χ4n) is 1.94. The molecule has 130 valence electrons. The largest absolute Gasteiger partial charge is 0.538 e. The molecule has 0 spiro atoms. The highest BCUT2D eigenvalue weighted by Gasteiger charge is 2.34. The molecule has 1 aromatic carbocycles. The standard InChI is InChI=1S/C14H14F3N3O3S/c1-3-10(24-12-13(22)23-19-20(12)2)11(21)18-9-7-5-4-6-8(9)14(15,16)17/h4-7,10H,3H2,1-2H3,(H-,18,19,21,22). The third-order valence-corrected chi connectivity index (χ3v) is 4.61. The summed E-state index contributed by atoms with van der Waals surface area (Å²) in [6, 6.07) is 4.70. The van der Waals surface area contributed by atoms with Crippen LogP contribution in [0.5, 0.6) is 5.95 Å². The maximum atomic E-state index is 13.0.